The lowest BCUT2D eigenvalue weighted by atomic mass is 9.97. The molecule has 0 amide bonds. The maximum atomic E-state index is 6.41. The number of hydrogen-bond acceptors (Lipinski definition) is 4. The van der Waals surface area contributed by atoms with E-state index in [9.17, 15) is 0 Å². The van der Waals surface area contributed by atoms with Crippen LogP contribution in [0, 0.1) is 6.92 Å². The van der Waals surface area contributed by atoms with Crippen LogP contribution >= 0.6 is 27.3 Å². The van der Waals surface area contributed by atoms with Crippen LogP contribution in [-0.4, -0.2) is 10.7 Å². The summed E-state index contributed by atoms with van der Waals surface area (Å²) >= 11 is 5.34. The molecule has 0 spiro atoms. The van der Waals surface area contributed by atoms with Crippen molar-refractivity contribution in [3.63, 3.8) is 0 Å². The average Bonchev–Trinajstić information content (AvgIpc) is 3.31. The van der Waals surface area contributed by atoms with Crippen molar-refractivity contribution in [2.24, 2.45) is 5.10 Å². The van der Waals surface area contributed by atoms with Gasteiger partial charge in [-0.25, -0.2) is 5.01 Å². The van der Waals surface area contributed by atoms with Crippen molar-refractivity contribution >= 4 is 33.0 Å². The topological polar surface area (TPSA) is 24.8 Å². The van der Waals surface area contributed by atoms with E-state index in [2.05, 4.69) is 81.8 Å². The molecule has 0 bridgehead atoms. The van der Waals surface area contributed by atoms with Crippen LogP contribution in [0.25, 0.3) is 0 Å². The number of rotatable bonds is 2. The van der Waals surface area contributed by atoms with Gasteiger partial charge in [0.2, 0.25) is 6.23 Å². The lowest BCUT2D eigenvalue weighted by Gasteiger charge is -2.38. The van der Waals surface area contributed by atoms with Crippen LogP contribution in [0.1, 0.15) is 40.3 Å². The molecule has 0 unspecified atom stereocenters. The Labute approximate surface area is 165 Å². The number of thiophene rings is 1. The standard InChI is InChI=1S/C21H17BrN2OS/c1-13-4-2-5-14(10-13)21-24-18(12-17(23-24)20-6-3-9-26-20)16-11-15(22)7-8-19(16)25-21/h2-11,18,21H,12H2,1H3/t18-,21-/m1/s1. The van der Waals surface area contributed by atoms with Crippen LogP contribution in [0.3, 0.4) is 0 Å². The molecule has 3 nitrogen and oxygen atoms in total. The second-order valence-corrected chi connectivity index (χ2v) is 8.55. The van der Waals surface area contributed by atoms with Gasteiger partial charge in [-0.2, -0.15) is 5.10 Å². The number of nitrogens with zero attached hydrogens (tertiary/aromatic N) is 2. The number of fused-ring (bicyclic) bond motifs is 3. The zero-order valence-electron chi connectivity index (χ0n) is 14.2. The van der Waals surface area contributed by atoms with Gasteiger partial charge < -0.3 is 4.74 Å². The predicted octanol–water partition coefficient (Wildman–Crippen LogP) is 6.06. The fourth-order valence-electron chi connectivity index (χ4n) is 3.69. The lowest BCUT2D eigenvalue weighted by Crippen LogP contribution is -2.33. The monoisotopic (exact) mass is 424 g/mol. The Morgan fingerprint density at radius 1 is 1.15 bits per heavy atom. The van der Waals surface area contributed by atoms with Crippen molar-refractivity contribution in [3.05, 3.63) is 86.0 Å². The van der Waals surface area contributed by atoms with Gasteiger partial charge >= 0.3 is 0 Å². The molecule has 0 radical (unpaired) electrons. The molecule has 5 rings (SSSR count). The minimum Gasteiger partial charge on any atom is -0.464 e. The summed E-state index contributed by atoms with van der Waals surface area (Å²) in [5.74, 6) is 0.948. The van der Waals surface area contributed by atoms with Crippen LogP contribution in [0.2, 0.25) is 0 Å². The molecule has 2 aromatic carbocycles. The fourth-order valence-corrected chi connectivity index (χ4v) is 4.79. The summed E-state index contributed by atoms with van der Waals surface area (Å²) in [5, 5.41) is 9.23. The summed E-state index contributed by atoms with van der Waals surface area (Å²) in [6.45, 7) is 2.11. The number of aryl methyl sites for hydroxylation is 1. The zero-order valence-corrected chi connectivity index (χ0v) is 16.6. The van der Waals surface area contributed by atoms with Gasteiger partial charge in [-0.05, 0) is 36.6 Å². The van der Waals surface area contributed by atoms with E-state index in [0.29, 0.717) is 0 Å². The molecular weight excluding hydrogens is 408 g/mol. The van der Waals surface area contributed by atoms with Crippen molar-refractivity contribution in [1.82, 2.24) is 5.01 Å². The minimum atomic E-state index is -0.203. The predicted molar refractivity (Wildman–Crippen MR) is 109 cm³/mol. The first-order valence-corrected chi connectivity index (χ1v) is 10.3. The van der Waals surface area contributed by atoms with Crippen LogP contribution < -0.4 is 4.74 Å². The van der Waals surface area contributed by atoms with Gasteiger partial charge in [-0.1, -0.05) is 51.8 Å². The van der Waals surface area contributed by atoms with Crippen LogP contribution in [0.5, 0.6) is 5.75 Å². The first-order valence-electron chi connectivity index (χ1n) is 8.61. The highest BCUT2D eigenvalue weighted by Gasteiger charge is 2.41. The van der Waals surface area contributed by atoms with Gasteiger partial charge in [0.25, 0.3) is 0 Å². The third-order valence-corrected chi connectivity index (χ3v) is 6.30. The summed E-state index contributed by atoms with van der Waals surface area (Å²) < 4.78 is 7.48. The van der Waals surface area contributed by atoms with E-state index >= 15 is 0 Å². The number of hydrazone groups is 1. The van der Waals surface area contributed by atoms with E-state index in [-0.39, 0.29) is 12.3 Å². The second-order valence-electron chi connectivity index (χ2n) is 6.69. The number of halogens is 1. The maximum absolute atomic E-state index is 6.41. The molecule has 3 heterocycles. The maximum Gasteiger partial charge on any atom is 0.213 e. The Balaban J connectivity index is 1.63. The van der Waals surface area contributed by atoms with Crippen molar-refractivity contribution in [3.8, 4) is 5.75 Å². The van der Waals surface area contributed by atoms with E-state index in [0.717, 1.165) is 27.9 Å². The molecule has 26 heavy (non-hydrogen) atoms. The molecule has 1 aromatic heterocycles. The fraction of sp³-hybridized carbons (Fsp3) is 0.190. The number of hydrogen-bond donors (Lipinski definition) is 0. The van der Waals surface area contributed by atoms with E-state index in [4.69, 9.17) is 9.84 Å². The van der Waals surface area contributed by atoms with E-state index < -0.39 is 0 Å². The van der Waals surface area contributed by atoms with Gasteiger partial charge in [-0.15, -0.1) is 11.3 Å². The molecule has 2 aliphatic heterocycles. The van der Waals surface area contributed by atoms with Crippen molar-refractivity contribution in [2.75, 3.05) is 0 Å². The Morgan fingerprint density at radius 3 is 2.88 bits per heavy atom. The summed E-state index contributed by atoms with van der Waals surface area (Å²) in [4.78, 5) is 1.24. The minimum absolute atomic E-state index is 0.193. The number of benzene rings is 2. The van der Waals surface area contributed by atoms with Crippen LogP contribution in [0.15, 0.2) is 69.6 Å². The molecule has 0 saturated carbocycles. The zero-order chi connectivity index (χ0) is 17.7. The SMILES string of the molecule is Cc1cccc([C@H]2Oc3ccc(Br)cc3[C@H]3CC(c4cccs4)=NN32)c1. The quantitative estimate of drug-likeness (QED) is 0.499. The molecule has 5 heteroatoms. The molecule has 3 aromatic rings. The summed E-state index contributed by atoms with van der Waals surface area (Å²) in [5.41, 5.74) is 4.70. The molecule has 0 aliphatic carbocycles. The smallest absolute Gasteiger partial charge is 0.213 e. The second kappa shape index (κ2) is 6.25. The Bertz CT molecular complexity index is 999. The molecular formula is C21H17BrN2OS. The summed E-state index contributed by atoms with van der Waals surface area (Å²) in [7, 11) is 0. The third-order valence-electron chi connectivity index (χ3n) is 4.88. The third kappa shape index (κ3) is 2.66. The van der Waals surface area contributed by atoms with Gasteiger partial charge in [0.15, 0.2) is 0 Å². The number of ether oxygens (including phenoxy) is 1. The van der Waals surface area contributed by atoms with Gasteiger partial charge in [0.05, 0.1) is 16.6 Å². The first kappa shape index (κ1) is 16.1. The van der Waals surface area contributed by atoms with Gasteiger partial charge in [0, 0.05) is 22.0 Å². The van der Waals surface area contributed by atoms with E-state index in [1.807, 2.05) is 6.07 Å². The molecule has 2 atom stereocenters. The van der Waals surface area contributed by atoms with Crippen molar-refractivity contribution in [1.29, 1.82) is 0 Å². The van der Waals surface area contributed by atoms with Gasteiger partial charge in [-0.3, -0.25) is 0 Å². The molecule has 0 N–H and O–H groups in total. The summed E-state index contributed by atoms with van der Waals surface area (Å²) in [6, 6.07) is 19.2. The lowest BCUT2D eigenvalue weighted by molar-refractivity contribution is -0.0191. The average molecular weight is 425 g/mol. The Hall–Kier alpha value is -2.11. The van der Waals surface area contributed by atoms with Crippen molar-refractivity contribution in [2.45, 2.75) is 25.6 Å². The van der Waals surface area contributed by atoms with Crippen LogP contribution in [0.4, 0.5) is 0 Å². The normalized spacial score (nSPS) is 21.0. The van der Waals surface area contributed by atoms with Crippen molar-refractivity contribution < 1.29 is 4.74 Å². The Kier molecular flexibility index (Phi) is 3.87. The highest BCUT2D eigenvalue weighted by atomic mass is 79.9. The van der Waals surface area contributed by atoms with E-state index in [1.54, 1.807) is 11.3 Å². The largest absolute Gasteiger partial charge is 0.464 e. The summed E-state index contributed by atoms with van der Waals surface area (Å²) in [6.07, 6.45) is 0.696. The first-order chi connectivity index (χ1) is 12.7. The van der Waals surface area contributed by atoms with E-state index in [1.165, 1.54) is 16.0 Å². The molecule has 130 valence electrons. The Morgan fingerprint density at radius 2 is 2.08 bits per heavy atom. The van der Waals surface area contributed by atoms with Crippen LogP contribution in [-0.2, 0) is 0 Å². The highest BCUT2D eigenvalue weighted by Crippen LogP contribution is 2.48. The molecule has 0 saturated heterocycles. The molecule has 2 aliphatic rings. The van der Waals surface area contributed by atoms with Gasteiger partial charge in [0.1, 0.15) is 5.75 Å². The highest BCUT2D eigenvalue weighted by molar-refractivity contribution is 9.10. The molecule has 0 fully saturated rings.